The fourth-order valence-electron chi connectivity index (χ4n) is 1.28. The van der Waals surface area contributed by atoms with E-state index in [0.29, 0.717) is 5.69 Å². The summed E-state index contributed by atoms with van der Waals surface area (Å²) in [6, 6.07) is 7.40. The summed E-state index contributed by atoms with van der Waals surface area (Å²) in [5.74, 6) is 0. The molecule has 2 rings (SSSR count). The van der Waals surface area contributed by atoms with Crippen molar-refractivity contribution < 1.29 is 14.6 Å². The first-order valence-corrected chi connectivity index (χ1v) is 5.08. The molecular formula is C11H10N4O3. The van der Waals surface area contributed by atoms with E-state index in [4.69, 9.17) is 5.11 Å². The number of hydrogen-bond acceptors (Lipinski definition) is 6. The zero-order chi connectivity index (χ0) is 12.8. The van der Waals surface area contributed by atoms with Crippen LogP contribution in [0.25, 0.3) is 11.0 Å². The number of benzene rings is 1. The Kier molecular flexibility index (Phi) is 3.77. The smallest absolute Gasteiger partial charge is 0.421 e. The van der Waals surface area contributed by atoms with Gasteiger partial charge in [0, 0.05) is 0 Å². The molecular weight excluding hydrogens is 236 g/mol. The van der Waals surface area contributed by atoms with Crippen LogP contribution in [-0.2, 0) is 4.74 Å². The molecule has 1 aromatic carbocycles. The van der Waals surface area contributed by atoms with Crippen molar-refractivity contribution in [3.05, 3.63) is 36.2 Å². The maximum Gasteiger partial charge on any atom is 0.429 e. The van der Waals surface area contributed by atoms with E-state index in [1.54, 1.807) is 0 Å². The number of aliphatic hydroxyl groups is 1. The summed E-state index contributed by atoms with van der Waals surface area (Å²) in [5, 5.41) is 11.9. The molecule has 7 nitrogen and oxygen atoms in total. The Morgan fingerprint density at radius 3 is 3.00 bits per heavy atom. The molecule has 18 heavy (non-hydrogen) atoms. The minimum atomic E-state index is -0.845. The molecule has 0 spiro atoms. The van der Waals surface area contributed by atoms with Gasteiger partial charge in [-0.25, -0.2) is 15.2 Å². The molecule has 0 fully saturated rings. The third kappa shape index (κ3) is 2.98. The van der Waals surface area contributed by atoms with Crippen LogP contribution in [0, 0.1) is 0 Å². The van der Waals surface area contributed by atoms with Crippen molar-refractivity contribution in [3.63, 3.8) is 0 Å². The topological polar surface area (TPSA) is 96.7 Å². The fraction of sp³-hybridized carbons (Fsp3) is 0.0909. The lowest BCUT2D eigenvalue weighted by Crippen LogP contribution is -2.19. The number of nitrogens with one attached hydrogen (secondary N) is 1. The van der Waals surface area contributed by atoms with E-state index in [0.717, 1.165) is 11.0 Å². The Hall–Kier alpha value is -2.54. The molecule has 2 N–H and O–H groups in total. The molecule has 0 saturated carbocycles. The molecule has 0 saturated heterocycles. The number of rotatable bonds is 3. The first-order chi connectivity index (χ1) is 8.79. The lowest BCUT2D eigenvalue weighted by atomic mass is 10.3. The van der Waals surface area contributed by atoms with Gasteiger partial charge in [0.05, 0.1) is 23.4 Å². The predicted molar refractivity (Wildman–Crippen MR) is 63.8 cm³/mol. The van der Waals surface area contributed by atoms with E-state index in [1.807, 2.05) is 24.3 Å². The number of fused-ring (bicyclic) bond motifs is 1. The van der Waals surface area contributed by atoms with Crippen LogP contribution in [0.4, 0.5) is 4.79 Å². The van der Waals surface area contributed by atoms with Gasteiger partial charge >= 0.3 is 6.09 Å². The number of aromatic nitrogens is 2. The van der Waals surface area contributed by atoms with E-state index in [9.17, 15) is 4.79 Å². The average Bonchev–Trinajstić information content (AvgIpc) is 2.39. The highest BCUT2D eigenvalue weighted by Crippen LogP contribution is 2.07. The predicted octanol–water partition coefficient (Wildman–Crippen LogP) is 0.640. The second-order valence-electron chi connectivity index (χ2n) is 3.21. The van der Waals surface area contributed by atoms with Gasteiger partial charge in [0.15, 0.2) is 6.79 Å². The summed E-state index contributed by atoms with van der Waals surface area (Å²) in [6.07, 6.45) is 2.02. The second kappa shape index (κ2) is 5.69. The Labute approximate surface area is 102 Å². The molecule has 0 aliphatic carbocycles. The van der Waals surface area contributed by atoms with Gasteiger partial charge in [-0.1, -0.05) is 12.1 Å². The minimum Gasteiger partial charge on any atom is -0.421 e. The van der Waals surface area contributed by atoms with E-state index < -0.39 is 12.9 Å². The summed E-state index contributed by atoms with van der Waals surface area (Å²) in [7, 11) is 0. The van der Waals surface area contributed by atoms with Crippen molar-refractivity contribution in [2.45, 2.75) is 0 Å². The molecule has 0 atom stereocenters. The number of nitrogens with zero attached hydrogens (tertiary/aromatic N) is 3. The van der Waals surface area contributed by atoms with Gasteiger partial charge in [-0.2, -0.15) is 5.10 Å². The SMILES string of the molecule is O=C(N/N=C/c1cnc2ccccc2n1)OCO. The van der Waals surface area contributed by atoms with Crippen molar-refractivity contribution >= 4 is 23.3 Å². The largest absolute Gasteiger partial charge is 0.429 e. The highest BCUT2D eigenvalue weighted by atomic mass is 16.6. The fourth-order valence-corrected chi connectivity index (χ4v) is 1.28. The molecule has 0 bridgehead atoms. The molecule has 1 heterocycles. The standard InChI is InChI=1S/C11H10N4O3/c16-7-18-11(17)15-13-6-8-5-12-9-3-1-2-4-10(9)14-8/h1-6,16H,7H2,(H,15,17)/b13-6+. The van der Waals surface area contributed by atoms with Gasteiger partial charge in [-0.15, -0.1) is 0 Å². The first-order valence-electron chi connectivity index (χ1n) is 5.08. The highest BCUT2D eigenvalue weighted by Gasteiger charge is 1.98. The van der Waals surface area contributed by atoms with Gasteiger partial charge in [0.25, 0.3) is 0 Å². The van der Waals surface area contributed by atoms with Crippen molar-refractivity contribution in [1.29, 1.82) is 0 Å². The highest BCUT2D eigenvalue weighted by molar-refractivity contribution is 5.82. The lowest BCUT2D eigenvalue weighted by molar-refractivity contribution is 0.0446. The molecule has 7 heteroatoms. The Balaban J connectivity index is 2.07. The van der Waals surface area contributed by atoms with E-state index in [2.05, 4.69) is 25.2 Å². The number of hydrazone groups is 1. The summed E-state index contributed by atoms with van der Waals surface area (Å²) in [6.45, 7) is -0.697. The monoisotopic (exact) mass is 246 g/mol. The van der Waals surface area contributed by atoms with E-state index >= 15 is 0 Å². The molecule has 1 amide bonds. The van der Waals surface area contributed by atoms with E-state index in [1.165, 1.54) is 12.4 Å². The number of amides is 1. The van der Waals surface area contributed by atoms with Gasteiger partial charge in [0.1, 0.15) is 5.69 Å². The Morgan fingerprint density at radius 2 is 2.22 bits per heavy atom. The van der Waals surface area contributed by atoms with Gasteiger partial charge in [-0.05, 0) is 12.1 Å². The number of para-hydroxylation sites is 2. The lowest BCUT2D eigenvalue weighted by Gasteiger charge is -1.99. The van der Waals surface area contributed by atoms with Crippen LogP contribution in [0.15, 0.2) is 35.6 Å². The zero-order valence-electron chi connectivity index (χ0n) is 9.28. The summed E-state index contributed by atoms with van der Waals surface area (Å²) in [5.41, 5.74) is 4.07. The maximum absolute atomic E-state index is 10.8. The maximum atomic E-state index is 10.8. The van der Waals surface area contributed by atoms with Crippen molar-refractivity contribution in [2.75, 3.05) is 6.79 Å². The number of aliphatic hydroxyl groups excluding tert-OH is 1. The molecule has 0 aliphatic rings. The molecule has 0 radical (unpaired) electrons. The van der Waals surface area contributed by atoms with Crippen LogP contribution in [0.2, 0.25) is 0 Å². The molecule has 1 aromatic heterocycles. The molecule has 92 valence electrons. The van der Waals surface area contributed by atoms with E-state index in [-0.39, 0.29) is 0 Å². The van der Waals surface area contributed by atoms with Crippen molar-refractivity contribution in [1.82, 2.24) is 15.4 Å². The normalized spacial score (nSPS) is 10.7. The number of carbonyl (C=O) groups excluding carboxylic acids is 1. The quantitative estimate of drug-likeness (QED) is 0.470. The van der Waals surface area contributed by atoms with Gasteiger partial charge < -0.3 is 9.84 Å². The third-order valence-electron chi connectivity index (χ3n) is 2.02. The first kappa shape index (κ1) is 11.9. The zero-order valence-corrected chi connectivity index (χ0v) is 9.28. The second-order valence-corrected chi connectivity index (χ2v) is 3.21. The van der Waals surface area contributed by atoms with Crippen LogP contribution in [0.1, 0.15) is 5.69 Å². The molecule has 2 aromatic rings. The number of ether oxygens (including phenoxy) is 1. The van der Waals surface area contributed by atoms with Crippen LogP contribution >= 0.6 is 0 Å². The summed E-state index contributed by atoms with van der Waals surface area (Å²) < 4.78 is 4.21. The van der Waals surface area contributed by atoms with Crippen LogP contribution < -0.4 is 5.43 Å². The summed E-state index contributed by atoms with van der Waals surface area (Å²) in [4.78, 5) is 19.2. The van der Waals surface area contributed by atoms with Crippen LogP contribution in [-0.4, -0.2) is 34.2 Å². The molecule has 0 unspecified atom stereocenters. The molecule has 0 aliphatic heterocycles. The Bertz CT molecular complexity index is 585. The van der Waals surface area contributed by atoms with Gasteiger partial charge in [-0.3, -0.25) is 4.98 Å². The minimum absolute atomic E-state index is 0.498. The van der Waals surface area contributed by atoms with Crippen LogP contribution in [0.5, 0.6) is 0 Å². The van der Waals surface area contributed by atoms with Crippen molar-refractivity contribution in [2.24, 2.45) is 5.10 Å². The van der Waals surface area contributed by atoms with Crippen molar-refractivity contribution in [3.8, 4) is 0 Å². The van der Waals surface area contributed by atoms with Gasteiger partial charge in [0.2, 0.25) is 0 Å². The third-order valence-corrected chi connectivity index (χ3v) is 2.02. The average molecular weight is 246 g/mol. The number of carbonyl (C=O) groups is 1. The van der Waals surface area contributed by atoms with Crippen LogP contribution in [0.3, 0.4) is 0 Å². The Morgan fingerprint density at radius 1 is 1.44 bits per heavy atom. The summed E-state index contributed by atoms with van der Waals surface area (Å²) >= 11 is 0. The number of hydrogen-bond donors (Lipinski definition) is 2.